The van der Waals surface area contributed by atoms with Crippen LogP contribution < -0.4 is 4.90 Å². The van der Waals surface area contributed by atoms with Crippen LogP contribution in [0, 0.1) is 11.8 Å². The predicted octanol–water partition coefficient (Wildman–Crippen LogP) is 2.52. The van der Waals surface area contributed by atoms with Crippen molar-refractivity contribution in [2.24, 2.45) is 16.8 Å². The normalized spacial score (nSPS) is 24.5. The fourth-order valence-corrected chi connectivity index (χ4v) is 4.51. The number of nitrogens with zero attached hydrogens (tertiary/aromatic N) is 2. The number of ketones is 1. The van der Waals surface area contributed by atoms with E-state index in [4.69, 9.17) is 11.6 Å². The van der Waals surface area contributed by atoms with Gasteiger partial charge in [0.25, 0.3) is 0 Å². The minimum atomic E-state index is -1.55. The quantitative estimate of drug-likeness (QED) is 0.712. The van der Waals surface area contributed by atoms with Crippen molar-refractivity contribution in [2.45, 2.75) is 6.04 Å². The molecule has 1 aliphatic carbocycles. The van der Waals surface area contributed by atoms with E-state index in [0.29, 0.717) is 5.02 Å². The second kappa shape index (κ2) is 6.61. The van der Waals surface area contributed by atoms with Crippen LogP contribution in [0.4, 0.5) is 5.69 Å². The summed E-state index contributed by atoms with van der Waals surface area (Å²) in [5, 5.41) is 20.7. The zero-order valence-electron chi connectivity index (χ0n) is 15.7. The zero-order valence-corrected chi connectivity index (χ0v) is 16.4. The molecular formula is C22H13ClN2O6. The molecule has 0 unspecified atom stereocenters. The molecule has 3 aliphatic rings. The van der Waals surface area contributed by atoms with Crippen molar-refractivity contribution in [3.63, 3.8) is 0 Å². The van der Waals surface area contributed by atoms with E-state index in [2.05, 4.69) is 4.99 Å². The third kappa shape index (κ3) is 2.58. The van der Waals surface area contributed by atoms with E-state index in [1.165, 1.54) is 30.3 Å². The molecule has 1 saturated heterocycles. The van der Waals surface area contributed by atoms with Crippen molar-refractivity contribution in [1.82, 2.24) is 0 Å². The van der Waals surface area contributed by atoms with Crippen molar-refractivity contribution in [3.8, 4) is 0 Å². The molecule has 5 rings (SSSR count). The van der Waals surface area contributed by atoms with Crippen LogP contribution in [-0.2, 0) is 14.4 Å². The second-order valence-electron chi connectivity index (χ2n) is 7.39. The van der Waals surface area contributed by atoms with Gasteiger partial charge in [0.05, 0.1) is 28.8 Å². The number of carbonyl (C=O) groups is 4. The molecule has 1 fully saturated rings. The third-order valence-corrected chi connectivity index (χ3v) is 6.00. The van der Waals surface area contributed by atoms with Gasteiger partial charge in [-0.25, -0.2) is 9.69 Å². The van der Waals surface area contributed by atoms with Gasteiger partial charge in [-0.1, -0.05) is 35.9 Å². The highest BCUT2D eigenvalue weighted by Gasteiger charge is 2.60. The first-order valence-corrected chi connectivity index (χ1v) is 9.70. The van der Waals surface area contributed by atoms with Crippen molar-refractivity contribution >= 4 is 52.3 Å². The van der Waals surface area contributed by atoms with Gasteiger partial charge < -0.3 is 10.2 Å². The van der Waals surface area contributed by atoms with Crippen LogP contribution >= 0.6 is 11.6 Å². The molecular weight excluding hydrogens is 424 g/mol. The van der Waals surface area contributed by atoms with E-state index < -0.39 is 41.4 Å². The van der Waals surface area contributed by atoms with E-state index in [9.17, 15) is 29.4 Å². The number of Topliss-reactive ketones (excluding diaryl/α,β-unsaturated/α-hetero) is 1. The molecule has 8 nitrogen and oxygen atoms in total. The summed E-state index contributed by atoms with van der Waals surface area (Å²) >= 11 is 5.88. The topological polar surface area (TPSA) is 124 Å². The molecule has 2 aromatic rings. The molecule has 2 N–H and O–H groups in total. The molecule has 31 heavy (non-hydrogen) atoms. The standard InChI is InChI=1S/C22H13ClN2O6/c23-9-5-7-10(8-6-9)25-20(28)13-14(21(25)29)17(22(30)31)24-16(13)15-18(26)11-3-1-2-4-12(11)19(15)27/h1-8,13-14,17,26H,(H,30,31)/t13-,14-,17-/m1/s1. The highest BCUT2D eigenvalue weighted by atomic mass is 35.5. The maximum absolute atomic E-state index is 13.3. The van der Waals surface area contributed by atoms with Crippen LogP contribution in [0.3, 0.4) is 0 Å². The van der Waals surface area contributed by atoms with Crippen LogP contribution in [-0.4, -0.2) is 45.5 Å². The Balaban J connectivity index is 1.63. The molecule has 9 heteroatoms. The summed E-state index contributed by atoms with van der Waals surface area (Å²) in [6.45, 7) is 0. The summed E-state index contributed by atoms with van der Waals surface area (Å²) in [4.78, 5) is 56.2. The van der Waals surface area contributed by atoms with Crippen LogP contribution in [0.25, 0.3) is 5.76 Å². The Hall–Kier alpha value is -3.78. The van der Waals surface area contributed by atoms with Gasteiger partial charge in [-0.05, 0) is 24.3 Å². The monoisotopic (exact) mass is 436 g/mol. The molecule has 154 valence electrons. The summed E-state index contributed by atoms with van der Waals surface area (Å²) in [7, 11) is 0. The molecule has 2 heterocycles. The lowest BCUT2D eigenvalue weighted by Gasteiger charge is -2.17. The van der Waals surface area contributed by atoms with Gasteiger partial charge in [0.1, 0.15) is 5.76 Å². The van der Waals surface area contributed by atoms with Gasteiger partial charge in [-0.2, -0.15) is 0 Å². The summed E-state index contributed by atoms with van der Waals surface area (Å²) in [6, 6.07) is 10.7. The molecule has 2 amide bonds. The molecule has 3 atom stereocenters. The Kier molecular flexibility index (Phi) is 4.10. The lowest BCUT2D eigenvalue weighted by atomic mass is 9.85. The average Bonchev–Trinajstić information content (AvgIpc) is 3.34. The van der Waals surface area contributed by atoms with Crippen molar-refractivity contribution in [2.75, 3.05) is 4.90 Å². The molecule has 2 aromatic carbocycles. The number of hydrogen-bond acceptors (Lipinski definition) is 6. The number of halogens is 1. The number of aliphatic hydroxyl groups is 1. The molecule has 0 aromatic heterocycles. The fourth-order valence-electron chi connectivity index (χ4n) is 4.38. The number of aliphatic carboxylic acids is 1. The number of carboxylic acids is 1. The highest BCUT2D eigenvalue weighted by Crippen LogP contribution is 2.44. The van der Waals surface area contributed by atoms with Crippen LogP contribution in [0.2, 0.25) is 5.02 Å². The SMILES string of the molecule is O=C1C(C2=N[C@@H](C(=O)O)[C@@H]3C(=O)N(c4ccc(Cl)cc4)C(=O)[C@@H]23)=C(O)c2ccccc21. The maximum atomic E-state index is 13.3. The predicted molar refractivity (Wildman–Crippen MR) is 110 cm³/mol. The Labute approximate surface area is 180 Å². The number of fused-ring (bicyclic) bond motifs is 2. The third-order valence-electron chi connectivity index (χ3n) is 5.75. The first-order chi connectivity index (χ1) is 14.8. The number of carboxylic acid groups (broad SMARTS) is 1. The summed E-state index contributed by atoms with van der Waals surface area (Å²) < 4.78 is 0. The Morgan fingerprint density at radius 2 is 1.61 bits per heavy atom. The van der Waals surface area contributed by atoms with Crippen molar-refractivity contribution in [3.05, 3.63) is 70.3 Å². The number of allylic oxidation sites excluding steroid dienone is 1. The van der Waals surface area contributed by atoms with Gasteiger partial charge in [0.2, 0.25) is 11.8 Å². The molecule has 2 aliphatic heterocycles. The smallest absolute Gasteiger partial charge is 0.329 e. The zero-order chi connectivity index (χ0) is 22.0. The number of hydrogen-bond donors (Lipinski definition) is 2. The largest absolute Gasteiger partial charge is 0.506 e. The molecule has 0 radical (unpaired) electrons. The number of imide groups is 1. The summed E-state index contributed by atoms with van der Waals surface area (Å²) in [5.74, 6) is -6.38. The minimum absolute atomic E-state index is 0.175. The van der Waals surface area contributed by atoms with Gasteiger partial charge in [0.15, 0.2) is 11.8 Å². The van der Waals surface area contributed by atoms with Crippen LogP contribution in [0.1, 0.15) is 15.9 Å². The Morgan fingerprint density at radius 1 is 0.968 bits per heavy atom. The second-order valence-corrected chi connectivity index (χ2v) is 7.82. The summed E-state index contributed by atoms with van der Waals surface area (Å²) in [5.41, 5.74) is 0.313. The lowest BCUT2D eigenvalue weighted by molar-refractivity contribution is -0.141. The first kappa shape index (κ1) is 19.2. The average molecular weight is 437 g/mol. The van der Waals surface area contributed by atoms with Gasteiger partial charge in [-0.3, -0.25) is 19.4 Å². The number of carbonyl (C=O) groups excluding carboxylic acids is 3. The van der Waals surface area contributed by atoms with E-state index in [-0.39, 0.29) is 33.9 Å². The number of anilines is 1. The van der Waals surface area contributed by atoms with E-state index >= 15 is 0 Å². The van der Waals surface area contributed by atoms with Crippen molar-refractivity contribution < 1.29 is 29.4 Å². The molecule has 0 bridgehead atoms. The van der Waals surface area contributed by atoms with Gasteiger partial charge in [0, 0.05) is 16.1 Å². The Bertz CT molecular complexity index is 1260. The van der Waals surface area contributed by atoms with Gasteiger partial charge in [-0.15, -0.1) is 0 Å². The highest BCUT2D eigenvalue weighted by molar-refractivity contribution is 6.43. The van der Waals surface area contributed by atoms with Crippen LogP contribution in [0.5, 0.6) is 0 Å². The summed E-state index contributed by atoms with van der Waals surface area (Å²) in [6.07, 6.45) is 0. The van der Waals surface area contributed by atoms with Crippen molar-refractivity contribution in [1.29, 1.82) is 0 Å². The van der Waals surface area contributed by atoms with Gasteiger partial charge >= 0.3 is 5.97 Å². The number of aliphatic hydroxyl groups excluding tert-OH is 1. The number of amides is 2. The van der Waals surface area contributed by atoms with Crippen LogP contribution in [0.15, 0.2) is 59.1 Å². The number of rotatable bonds is 3. The Morgan fingerprint density at radius 3 is 2.23 bits per heavy atom. The van der Waals surface area contributed by atoms with E-state index in [1.807, 2.05) is 0 Å². The van der Waals surface area contributed by atoms with E-state index in [0.717, 1.165) is 4.90 Å². The number of benzene rings is 2. The molecule has 0 spiro atoms. The van der Waals surface area contributed by atoms with E-state index in [1.54, 1.807) is 18.2 Å². The number of aliphatic imine (C=N–C) groups is 1. The fraction of sp³-hybridized carbons (Fsp3) is 0.136. The molecule has 0 saturated carbocycles. The first-order valence-electron chi connectivity index (χ1n) is 9.33. The minimum Gasteiger partial charge on any atom is -0.506 e. The lowest BCUT2D eigenvalue weighted by Crippen LogP contribution is -2.35. The maximum Gasteiger partial charge on any atom is 0.329 e.